The first kappa shape index (κ1) is 19.3. The number of nitrogens with two attached hydrogens (primary N) is 1. The summed E-state index contributed by atoms with van der Waals surface area (Å²) in [5, 5.41) is 2.33. The molecule has 148 valence electrons. The number of rotatable bonds is 5. The van der Waals surface area contributed by atoms with Crippen LogP contribution >= 0.6 is 0 Å². The molecule has 11 heteroatoms. The average Bonchev–Trinajstić information content (AvgIpc) is 3.18. The molecule has 2 unspecified atom stereocenters. The number of hydrogen-bond donors (Lipinski definition) is 2. The van der Waals surface area contributed by atoms with E-state index in [-0.39, 0.29) is 29.6 Å². The fourth-order valence-corrected chi connectivity index (χ4v) is 3.39. The number of nitrogen functional groups attached to an aromatic ring is 1. The fourth-order valence-electron chi connectivity index (χ4n) is 3.39. The van der Waals surface area contributed by atoms with Gasteiger partial charge in [0.15, 0.2) is 0 Å². The Morgan fingerprint density at radius 3 is 2.70 bits per heavy atom. The van der Waals surface area contributed by atoms with Crippen LogP contribution in [0.4, 0.5) is 23.2 Å². The average molecular weight is 390 g/mol. The number of alkyl halides is 4. The number of nitrogens with one attached hydrogen (secondary N) is 1. The number of halogens is 4. The third-order valence-corrected chi connectivity index (χ3v) is 4.95. The number of carbonyl (C=O) groups is 2. The second-order valence-electron chi connectivity index (χ2n) is 6.72. The maximum absolute atomic E-state index is 13.4. The molecular weight excluding hydrogens is 372 g/mol. The molecule has 2 aliphatic rings. The molecule has 3 N–H and O–H groups in total. The Labute approximate surface area is 151 Å². The van der Waals surface area contributed by atoms with Gasteiger partial charge in [0.2, 0.25) is 0 Å². The number of anilines is 1. The fraction of sp³-hybridized carbons (Fsp3) is 0.562. The summed E-state index contributed by atoms with van der Waals surface area (Å²) in [6.07, 6.45) is -4.02. The summed E-state index contributed by atoms with van der Waals surface area (Å²) in [5.74, 6) is -1.97. The maximum atomic E-state index is 13.4. The molecule has 27 heavy (non-hydrogen) atoms. The van der Waals surface area contributed by atoms with Crippen LogP contribution in [-0.4, -0.2) is 53.0 Å². The van der Waals surface area contributed by atoms with E-state index in [0.29, 0.717) is 25.8 Å². The van der Waals surface area contributed by atoms with Gasteiger partial charge in [0.25, 0.3) is 18.2 Å². The second kappa shape index (κ2) is 6.95. The monoisotopic (exact) mass is 390 g/mol. The topological polar surface area (TPSA) is 97.5 Å². The maximum Gasteiger partial charge on any atom is 0.525 e. The minimum absolute atomic E-state index is 0.193. The SMILES string of the molecule is Nc1ccncc1C(=O)N1CCC(C2(NC(=O)C(F)OC(F)(F)F)CC2)C1. The molecule has 2 fully saturated rings. The lowest BCUT2D eigenvalue weighted by Crippen LogP contribution is -2.48. The summed E-state index contributed by atoms with van der Waals surface area (Å²) in [7, 11) is 0. The first-order valence-electron chi connectivity index (χ1n) is 8.31. The second-order valence-corrected chi connectivity index (χ2v) is 6.72. The van der Waals surface area contributed by atoms with Gasteiger partial charge in [-0.1, -0.05) is 0 Å². The molecule has 0 aromatic carbocycles. The van der Waals surface area contributed by atoms with Gasteiger partial charge in [-0.3, -0.25) is 14.6 Å². The van der Waals surface area contributed by atoms with Crippen LogP contribution in [0.2, 0.25) is 0 Å². The zero-order valence-electron chi connectivity index (χ0n) is 14.1. The van der Waals surface area contributed by atoms with Crippen LogP contribution in [0.25, 0.3) is 0 Å². The molecule has 2 heterocycles. The van der Waals surface area contributed by atoms with Crippen LogP contribution in [0.5, 0.6) is 0 Å². The van der Waals surface area contributed by atoms with Crippen molar-refractivity contribution in [1.29, 1.82) is 0 Å². The molecule has 1 saturated heterocycles. The van der Waals surface area contributed by atoms with E-state index in [1.54, 1.807) is 4.90 Å². The number of carbonyl (C=O) groups excluding carboxylic acids is 2. The van der Waals surface area contributed by atoms with E-state index in [1.807, 2.05) is 0 Å². The van der Waals surface area contributed by atoms with E-state index in [2.05, 4.69) is 15.0 Å². The van der Waals surface area contributed by atoms with Gasteiger partial charge in [0, 0.05) is 42.6 Å². The van der Waals surface area contributed by atoms with Crippen molar-refractivity contribution in [3.63, 3.8) is 0 Å². The molecule has 1 saturated carbocycles. The summed E-state index contributed by atoms with van der Waals surface area (Å²) >= 11 is 0. The summed E-state index contributed by atoms with van der Waals surface area (Å²) in [4.78, 5) is 29.7. The third kappa shape index (κ3) is 4.29. The lowest BCUT2D eigenvalue weighted by Gasteiger charge is -2.26. The number of hydrogen-bond acceptors (Lipinski definition) is 5. The Morgan fingerprint density at radius 1 is 1.41 bits per heavy atom. The highest BCUT2D eigenvalue weighted by atomic mass is 19.4. The summed E-state index contributed by atoms with van der Waals surface area (Å²) in [6.45, 7) is 0.679. The zero-order chi connectivity index (χ0) is 19.8. The Bertz CT molecular complexity index is 739. The number of amides is 2. The van der Waals surface area contributed by atoms with Gasteiger partial charge in [-0.2, -0.15) is 0 Å². The number of pyridine rings is 1. The highest BCUT2D eigenvalue weighted by Gasteiger charge is 2.54. The van der Waals surface area contributed by atoms with Gasteiger partial charge in [-0.05, 0) is 25.3 Å². The lowest BCUT2D eigenvalue weighted by molar-refractivity contribution is -0.353. The van der Waals surface area contributed by atoms with Crippen molar-refractivity contribution in [3.05, 3.63) is 24.0 Å². The summed E-state index contributed by atoms with van der Waals surface area (Å²) < 4.78 is 52.6. The van der Waals surface area contributed by atoms with E-state index >= 15 is 0 Å². The number of nitrogens with zero attached hydrogens (tertiary/aromatic N) is 2. The molecule has 1 aromatic rings. The van der Waals surface area contributed by atoms with Crippen molar-refractivity contribution in [2.45, 2.75) is 37.5 Å². The molecule has 0 radical (unpaired) electrons. The van der Waals surface area contributed by atoms with Gasteiger partial charge in [0.1, 0.15) is 0 Å². The molecular formula is C16H18F4N4O3. The van der Waals surface area contributed by atoms with Crippen LogP contribution in [0.1, 0.15) is 29.6 Å². The van der Waals surface area contributed by atoms with E-state index < -0.39 is 24.2 Å². The molecule has 1 aliphatic heterocycles. The number of likely N-dealkylation sites (tertiary alicyclic amines) is 1. The highest BCUT2D eigenvalue weighted by Crippen LogP contribution is 2.46. The first-order chi connectivity index (χ1) is 12.6. The van der Waals surface area contributed by atoms with Gasteiger partial charge in [-0.25, -0.2) is 9.13 Å². The third-order valence-electron chi connectivity index (χ3n) is 4.95. The Kier molecular flexibility index (Phi) is 4.98. The minimum atomic E-state index is -5.24. The van der Waals surface area contributed by atoms with E-state index in [0.717, 1.165) is 0 Å². The van der Waals surface area contributed by atoms with Crippen LogP contribution < -0.4 is 11.1 Å². The smallest absolute Gasteiger partial charge is 0.398 e. The minimum Gasteiger partial charge on any atom is -0.398 e. The van der Waals surface area contributed by atoms with Crippen molar-refractivity contribution in [2.24, 2.45) is 5.92 Å². The van der Waals surface area contributed by atoms with Gasteiger partial charge >= 0.3 is 6.36 Å². The predicted octanol–water partition coefficient (Wildman–Crippen LogP) is 1.61. The molecule has 1 aromatic heterocycles. The Morgan fingerprint density at radius 2 is 2.11 bits per heavy atom. The van der Waals surface area contributed by atoms with Crippen LogP contribution in [0.15, 0.2) is 18.5 Å². The molecule has 2 atom stereocenters. The van der Waals surface area contributed by atoms with Crippen LogP contribution in [0.3, 0.4) is 0 Å². The highest BCUT2D eigenvalue weighted by molar-refractivity contribution is 5.98. The van der Waals surface area contributed by atoms with Gasteiger partial charge in [0.05, 0.1) is 5.56 Å². The molecule has 1 aliphatic carbocycles. The normalized spacial score (nSPS) is 22.4. The van der Waals surface area contributed by atoms with Crippen LogP contribution in [0, 0.1) is 5.92 Å². The summed E-state index contributed by atoms with van der Waals surface area (Å²) in [6, 6.07) is 1.51. The number of aromatic nitrogens is 1. The van der Waals surface area contributed by atoms with Gasteiger partial charge < -0.3 is 16.0 Å². The molecule has 0 spiro atoms. The molecule has 2 amide bonds. The van der Waals surface area contributed by atoms with Crippen molar-refractivity contribution >= 4 is 17.5 Å². The standard InChI is InChI=1S/C16H18F4N4O3/c17-12(27-16(18,19)20)13(25)23-15(3-4-15)9-2-6-24(8-9)14(26)10-7-22-5-1-11(10)21/h1,5,7,9,12H,2-4,6,8H2,(H2,21,22)(H,23,25). The van der Waals surface area contributed by atoms with Crippen molar-refractivity contribution < 1.29 is 31.9 Å². The van der Waals surface area contributed by atoms with Crippen molar-refractivity contribution in [1.82, 2.24) is 15.2 Å². The van der Waals surface area contributed by atoms with E-state index in [9.17, 15) is 27.2 Å². The van der Waals surface area contributed by atoms with Crippen LogP contribution in [-0.2, 0) is 9.53 Å². The molecule has 7 nitrogen and oxygen atoms in total. The quantitative estimate of drug-likeness (QED) is 0.745. The van der Waals surface area contributed by atoms with Crippen molar-refractivity contribution in [3.8, 4) is 0 Å². The number of ether oxygens (including phenoxy) is 1. The molecule has 3 rings (SSSR count). The zero-order valence-corrected chi connectivity index (χ0v) is 14.1. The molecule has 0 bridgehead atoms. The van der Waals surface area contributed by atoms with E-state index in [1.165, 1.54) is 18.5 Å². The van der Waals surface area contributed by atoms with E-state index in [4.69, 9.17) is 5.73 Å². The van der Waals surface area contributed by atoms with Gasteiger partial charge in [-0.15, -0.1) is 13.2 Å². The predicted molar refractivity (Wildman–Crippen MR) is 84.8 cm³/mol. The first-order valence-corrected chi connectivity index (χ1v) is 8.31. The Hall–Kier alpha value is -2.43. The Balaban J connectivity index is 1.60. The van der Waals surface area contributed by atoms with Crippen molar-refractivity contribution in [2.75, 3.05) is 18.8 Å². The summed E-state index contributed by atoms with van der Waals surface area (Å²) in [5.41, 5.74) is 5.51. The lowest BCUT2D eigenvalue weighted by atomic mass is 9.96. The largest absolute Gasteiger partial charge is 0.525 e.